The van der Waals surface area contributed by atoms with Crippen molar-refractivity contribution < 1.29 is 39.7 Å². The van der Waals surface area contributed by atoms with Gasteiger partial charge in [-0.2, -0.15) is 0 Å². The molecule has 0 atom stereocenters. The topological polar surface area (TPSA) is 102 Å². The summed E-state index contributed by atoms with van der Waals surface area (Å²) in [5.74, 6) is -3.68. The second kappa shape index (κ2) is 7.92. The molecule has 3 aromatic rings. The molecule has 0 unspecified atom stereocenters. The minimum atomic E-state index is -1.25. The van der Waals surface area contributed by atoms with Crippen LogP contribution in [0.3, 0.4) is 0 Å². The van der Waals surface area contributed by atoms with Gasteiger partial charge in [0.25, 0.3) is 0 Å². The molecule has 1 N–H and O–H groups in total. The van der Waals surface area contributed by atoms with Crippen LogP contribution in [0.2, 0.25) is 0 Å². The maximum Gasteiger partial charge on any atom is 0.373 e. The van der Waals surface area contributed by atoms with Crippen LogP contribution in [0, 0.1) is 18.0 Å². The third-order valence-corrected chi connectivity index (χ3v) is 3.75. The zero-order chi connectivity index (χ0) is 18.9. The Hall–Kier alpha value is -2.67. The Labute approximate surface area is 167 Å². The molecule has 3 rings (SSSR count). The first-order chi connectivity index (χ1) is 12.3. The Kier molecular flexibility index (Phi) is 6.05. The van der Waals surface area contributed by atoms with Crippen LogP contribution < -0.4 is 0 Å². The smallest absolute Gasteiger partial charge is 0.373 e. The van der Waals surface area contributed by atoms with Crippen LogP contribution in [-0.4, -0.2) is 36.0 Å². The third kappa shape index (κ3) is 4.19. The summed E-state index contributed by atoms with van der Waals surface area (Å²) in [6.07, 6.45) is 2.75. The number of nitrogens with zero attached hydrogens (tertiary/aromatic N) is 5. The normalized spacial score (nSPS) is 11.0. The Morgan fingerprint density at radius 1 is 1.07 bits per heavy atom. The van der Waals surface area contributed by atoms with Crippen molar-refractivity contribution in [3.8, 4) is 11.4 Å². The van der Waals surface area contributed by atoms with Crippen LogP contribution >= 0.6 is 0 Å². The van der Waals surface area contributed by atoms with Gasteiger partial charge in [0.15, 0.2) is 0 Å². The molecule has 0 spiro atoms. The number of halogens is 2. The Morgan fingerprint density at radius 2 is 1.70 bits per heavy atom. The average molecular weight is 551 g/mol. The summed E-state index contributed by atoms with van der Waals surface area (Å²) in [4.78, 5) is 30.2. The van der Waals surface area contributed by atoms with Gasteiger partial charge in [-0.15, -0.1) is 6.07 Å². The van der Waals surface area contributed by atoms with Gasteiger partial charge in [-0.3, -0.25) is 15.0 Å². The van der Waals surface area contributed by atoms with Crippen molar-refractivity contribution in [3.05, 3.63) is 65.8 Å². The first-order valence-electron chi connectivity index (χ1n) is 7.43. The van der Waals surface area contributed by atoms with Crippen molar-refractivity contribution in [2.75, 3.05) is 0 Å². The summed E-state index contributed by atoms with van der Waals surface area (Å²) < 4.78 is 26.9. The first kappa shape index (κ1) is 20.6. The molecule has 0 aliphatic rings. The van der Waals surface area contributed by atoms with Crippen molar-refractivity contribution in [2.45, 2.75) is 19.3 Å². The minimum absolute atomic E-state index is 0. The van der Waals surface area contributed by atoms with E-state index >= 15 is 0 Å². The number of aromatic nitrogens is 5. The number of aromatic carboxylic acids is 1. The van der Waals surface area contributed by atoms with Gasteiger partial charge in [0.05, 0.1) is 11.5 Å². The van der Waals surface area contributed by atoms with Crippen LogP contribution in [0.5, 0.6) is 0 Å². The largest absolute Gasteiger partial charge is 0.475 e. The number of hydrogen-bond acceptors (Lipinski definition) is 6. The molecule has 7 nitrogen and oxygen atoms in total. The maximum absolute atomic E-state index is 13.9. The van der Waals surface area contributed by atoms with Crippen molar-refractivity contribution in [1.82, 2.24) is 24.9 Å². The Bertz CT molecular complexity index is 1000. The van der Waals surface area contributed by atoms with Gasteiger partial charge < -0.3 is 5.11 Å². The second-order valence-electron chi connectivity index (χ2n) is 5.85. The van der Waals surface area contributed by atoms with E-state index in [-0.39, 0.29) is 38.3 Å². The standard InChI is InChI=1S/C17H12F2N5O2.Pt/c1-17(2,11-6-8-21-15(23-11)16(25)26)10-5-7-20-14(22-10)9-3-4-12(18)24-13(9)19;/h4-8H,1-2H3,(H,25,26);/q-1;. The number of carbonyl (C=O) groups is 1. The molecule has 3 aromatic heterocycles. The zero-order valence-electron chi connectivity index (χ0n) is 14.1. The molecule has 3 heterocycles. The second-order valence-corrected chi connectivity index (χ2v) is 5.85. The molecule has 0 saturated carbocycles. The predicted octanol–water partition coefficient (Wildman–Crippen LogP) is 2.43. The molecule has 0 amide bonds. The van der Waals surface area contributed by atoms with E-state index in [0.29, 0.717) is 11.4 Å². The van der Waals surface area contributed by atoms with Gasteiger partial charge in [0, 0.05) is 44.6 Å². The Morgan fingerprint density at radius 3 is 2.33 bits per heavy atom. The van der Waals surface area contributed by atoms with Crippen LogP contribution in [0.25, 0.3) is 11.4 Å². The van der Waals surface area contributed by atoms with Crippen LogP contribution in [0.15, 0.2) is 30.6 Å². The van der Waals surface area contributed by atoms with Crippen molar-refractivity contribution in [1.29, 1.82) is 0 Å². The monoisotopic (exact) mass is 551 g/mol. The number of carboxylic acids is 1. The summed E-state index contributed by atoms with van der Waals surface area (Å²) in [5.41, 5.74) is -0.127. The molecule has 0 aliphatic heterocycles. The van der Waals surface area contributed by atoms with Crippen molar-refractivity contribution in [3.63, 3.8) is 0 Å². The van der Waals surface area contributed by atoms with Gasteiger partial charge in [-0.05, 0) is 26.0 Å². The molecule has 0 aromatic carbocycles. The van der Waals surface area contributed by atoms with E-state index in [1.165, 1.54) is 12.4 Å². The van der Waals surface area contributed by atoms with Crippen molar-refractivity contribution >= 4 is 5.97 Å². The molecule has 142 valence electrons. The fraction of sp³-hybridized carbons (Fsp3) is 0.176. The van der Waals surface area contributed by atoms with Gasteiger partial charge in [0.2, 0.25) is 5.82 Å². The Balaban J connectivity index is 0.00000261. The van der Waals surface area contributed by atoms with E-state index in [1.54, 1.807) is 26.0 Å². The summed E-state index contributed by atoms with van der Waals surface area (Å²) in [7, 11) is 0. The van der Waals surface area contributed by atoms with Gasteiger partial charge >= 0.3 is 5.97 Å². The quantitative estimate of drug-likeness (QED) is 0.393. The molecule has 0 aliphatic carbocycles. The zero-order valence-corrected chi connectivity index (χ0v) is 16.3. The summed E-state index contributed by atoms with van der Waals surface area (Å²) in [6, 6.07) is 6.48. The third-order valence-electron chi connectivity index (χ3n) is 3.75. The van der Waals surface area contributed by atoms with E-state index in [2.05, 4.69) is 31.0 Å². The van der Waals surface area contributed by atoms with Crippen molar-refractivity contribution in [2.24, 2.45) is 0 Å². The van der Waals surface area contributed by atoms with Gasteiger partial charge in [0.1, 0.15) is 11.9 Å². The number of carboxylic acid groups (broad SMARTS) is 1. The molecule has 0 bridgehead atoms. The fourth-order valence-electron chi connectivity index (χ4n) is 2.30. The number of pyridine rings is 1. The van der Waals surface area contributed by atoms with E-state index in [4.69, 9.17) is 5.11 Å². The maximum atomic E-state index is 13.9. The number of rotatable bonds is 4. The van der Waals surface area contributed by atoms with E-state index in [1.807, 2.05) is 0 Å². The number of hydrogen-bond donors (Lipinski definition) is 1. The average Bonchev–Trinajstić information content (AvgIpc) is 2.62. The van der Waals surface area contributed by atoms with Crippen LogP contribution in [0.1, 0.15) is 35.9 Å². The van der Waals surface area contributed by atoms with Crippen LogP contribution in [-0.2, 0) is 26.5 Å². The fourth-order valence-corrected chi connectivity index (χ4v) is 2.30. The van der Waals surface area contributed by atoms with Crippen LogP contribution in [0.4, 0.5) is 8.78 Å². The summed E-state index contributed by atoms with van der Waals surface area (Å²) in [5, 5.41) is 9.06. The minimum Gasteiger partial charge on any atom is -0.475 e. The molecule has 0 fully saturated rings. The predicted molar refractivity (Wildman–Crippen MR) is 85.1 cm³/mol. The first-order valence-corrected chi connectivity index (χ1v) is 7.43. The summed E-state index contributed by atoms with van der Waals surface area (Å²) in [6.45, 7) is 3.55. The molecular weight excluding hydrogens is 539 g/mol. The van der Waals surface area contributed by atoms with Gasteiger partial charge in [-0.25, -0.2) is 23.5 Å². The van der Waals surface area contributed by atoms with E-state index < -0.39 is 23.3 Å². The molecule has 0 saturated heterocycles. The molecule has 0 radical (unpaired) electrons. The summed E-state index contributed by atoms with van der Waals surface area (Å²) >= 11 is 0. The van der Waals surface area contributed by atoms with Gasteiger partial charge in [-0.1, -0.05) is 11.6 Å². The van der Waals surface area contributed by atoms with E-state index in [0.717, 1.165) is 6.07 Å². The molecule has 27 heavy (non-hydrogen) atoms. The molecule has 10 heteroatoms. The van der Waals surface area contributed by atoms with E-state index in [9.17, 15) is 13.6 Å². The molecular formula is C17H12F2N5O2Pt-. The SMILES string of the molecule is CC(C)(c1ccnc(C(=O)O)n1)c1ccnc(-c2[c-]cc(F)nc2F)n1.[Pt].